The molecule has 0 aromatic carbocycles. The zero-order chi connectivity index (χ0) is 15.8. The van der Waals surface area contributed by atoms with Gasteiger partial charge in [-0.3, -0.25) is 4.79 Å². The molecule has 0 radical (unpaired) electrons. The molecular weight excluding hydrogens is 260 g/mol. The van der Waals surface area contributed by atoms with E-state index in [4.69, 9.17) is 5.11 Å². The average Bonchev–Trinajstić information content (AvgIpc) is 2.46. The third-order valence-corrected chi connectivity index (χ3v) is 4.19. The molecular formula is C19H36O2. The van der Waals surface area contributed by atoms with E-state index in [0.29, 0.717) is 6.42 Å². The summed E-state index contributed by atoms with van der Waals surface area (Å²) < 4.78 is 0. The van der Waals surface area contributed by atoms with Crippen LogP contribution in [-0.4, -0.2) is 11.1 Å². The Morgan fingerprint density at radius 1 is 0.905 bits per heavy atom. The molecule has 0 aromatic heterocycles. The van der Waals surface area contributed by atoms with Crippen LogP contribution < -0.4 is 0 Å². The number of carbonyl (C=O) groups is 1. The van der Waals surface area contributed by atoms with Crippen LogP contribution in [0.25, 0.3) is 0 Å². The van der Waals surface area contributed by atoms with Gasteiger partial charge in [0.1, 0.15) is 0 Å². The van der Waals surface area contributed by atoms with E-state index in [0.717, 1.165) is 18.8 Å². The number of hydrogen-bond acceptors (Lipinski definition) is 1. The normalized spacial score (nSPS) is 12.9. The number of allylic oxidation sites excluding steroid dienone is 2. The molecule has 2 heteroatoms. The molecule has 124 valence electrons. The molecule has 0 rings (SSSR count). The van der Waals surface area contributed by atoms with Gasteiger partial charge >= 0.3 is 5.97 Å². The molecule has 0 aliphatic heterocycles. The zero-order valence-electron chi connectivity index (χ0n) is 14.3. The molecule has 2 nitrogen and oxygen atoms in total. The molecule has 1 unspecified atom stereocenters. The van der Waals surface area contributed by atoms with Crippen LogP contribution in [0.3, 0.4) is 0 Å². The predicted octanol–water partition coefficient (Wildman–Crippen LogP) is 6.35. The Balaban J connectivity index is 3.14. The molecule has 1 atom stereocenters. The summed E-state index contributed by atoms with van der Waals surface area (Å²) in [5.41, 5.74) is 0. The number of aliphatic carboxylic acids is 1. The molecule has 21 heavy (non-hydrogen) atoms. The van der Waals surface area contributed by atoms with Crippen molar-refractivity contribution in [3.8, 4) is 0 Å². The Morgan fingerprint density at radius 3 is 2.00 bits per heavy atom. The highest BCUT2D eigenvalue weighted by Gasteiger charge is 1.97. The Hall–Kier alpha value is -0.790. The maximum atomic E-state index is 10.3. The molecule has 0 aliphatic carbocycles. The fourth-order valence-corrected chi connectivity index (χ4v) is 2.44. The lowest BCUT2D eigenvalue weighted by atomic mass is 10.0. The van der Waals surface area contributed by atoms with Crippen LogP contribution in [0.4, 0.5) is 0 Å². The molecule has 0 spiro atoms. The molecule has 0 bridgehead atoms. The second-order valence-corrected chi connectivity index (χ2v) is 6.32. The topological polar surface area (TPSA) is 37.3 Å². The standard InChI is InChI=1S/C19H36O2/c1-3-18(2)16-14-12-10-8-6-4-5-7-9-11-13-15-17-19(20)21/h4,6,18H,3,5,7-17H2,1-2H3,(H,20,21)/b6-4-. The lowest BCUT2D eigenvalue weighted by Crippen LogP contribution is -1.93. The van der Waals surface area contributed by atoms with E-state index in [2.05, 4.69) is 26.0 Å². The van der Waals surface area contributed by atoms with E-state index in [1.165, 1.54) is 64.2 Å². The third kappa shape index (κ3) is 17.2. The lowest BCUT2D eigenvalue weighted by Gasteiger charge is -2.06. The molecule has 0 fully saturated rings. The first-order valence-electron chi connectivity index (χ1n) is 9.03. The van der Waals surface area contributed by atoms with Crippen molar-refractivity contribution in [2.45, 2.75) is 97.3 Å². The van der Waals surface area contributed by atoms with E-state index >= 15 is 0 Å². The molecule has 0 saturated carbocycles. The quantitative estimate of drug-likeness (QED) is 0.282. The summed E-state index contributed by atoms with van der Waals surface area (Å²) >= 11 is 0. The molecule has 0 heterocycles. The van der Waals surface area contributed by atoms with Gasteiger partial charge in [-0.15, -0.1) is 0 Å². The minimum atomic E-state index is -0.665. The Kier molecular flexibility index (Phi) is 15.0. The highest BCUT2D eigenvalue weighted by molar-refractivity contribution is 5.66. The van der Waals surface area contributed by atoms with Crippen molar-refractivity contribution >= 4 is 5.97 Å². The molecule has 0 amide bonds. The van der Waals surface area contributed by atoms with E-state index in [1.807, 2.05) is 0 Å². The summed E-state index contributed by atoms with van der Waals surface area (Å²) in [6.45, 7) is 4.63. The predicted molar refractivity (Wildman–Crippen MR) is 91.6 cm³/mol. The monoisotopic (exact) mass is 296 g/mol. The van der Waals surface area contributed by atoms with Gasteiger partial charge in [-0.05, 0) is 38.0 Å². The van der Waals surface area contributed by atoms with Crippen molar-refractivity contribution in [2.24, 2.45) is 5.92 Å². The summed E-state index contributed by atoms with van der Waals surface area (Å²) in [6, 6.07) is 0. The number of hydrogen-bond donors (Lipinski definition) is 1. The van der Waals surface area contributed by atoms with Gasteiger partial charge in [0.15, 0.2) is 0 Å². The first-order valence-corrected chi connectivity index (χ1v) is 9.03. The largest absolute Gasteiger partial charge is 0.481 e. The second kappa shape index (κ2) is 15.6. The van der Waals surface area contributed by atoms with Crippen molar-refractivity contribution < 1.29 is 9.90 Å². The van der Waals surface area contributed by atoms with Gasteiger partial charge in [0, 0.05) is 6.42 Å². The summed E-state index contributed by atoms with van der Waals surface area (Å²) in [4.78, 5) is 10.3. The van der Waals surface area contributed by atoms with E-state index in [-0.39, 0.29) is 0 Å². The van der Waals surface area contributed by atoms with Crippen molar-refractivity contribution in [1.29, 1.82) is 0 Å². The van der Waals surface area contributed by atoms with E-state index in [1.54, 1.807) is 0 Å². The summed E-state index contributed by atoms with van der Waals surface area (Å²) in [5.74, 6) is 0.234. The minimum Gasteiger partial charge on any atom is -0.481 e. The molecule has 0 saturated heterocycles. The van der Waals surface area contributed by atoms with Gasteiger partial charge in [0.25, 0.3) is 0 Å². The number of carboxylic acid groups (broad SMARTS) is 1. The maximum absolute atomic E-state index is 10.3. The highest BCUT2D eigenvalue weighted by atomic mass is 16.4. The van der Waals surface area contributed by atoms with Crippen molar-refractivity contribution in [1.82, 2.24) is 0 Å². The van der Waals surface area contributed by atoms with Crippen LogP contribution in [0, 0.1) is 5.92 Å². The Labute approximate surface area is 132 Å². The van der Waals surface area contributed by atoms with E-state index < -0.39 is 5.97 Å². The summed E-state index contributed by atoms with van der Waals surface area (Å²) in [7, 11) is 0. The minimum absolute atomic E-state index is 0.330. The SMILES string of the molecule is CCC(C)CCCCC/C=C\CCCCCCCC(=O)O. The fourth-order valence-electron chi connectivity index (χ4n) is 2.44. The van der Waals surface area contributed by atoms with Gasteiger partial charge in [0.05, 0.1) is 0 Å². The van der Waals surface area contributed by atoms with Crippen molar-refractivity contribution in [3.63, 3.8) is 0 Å². The second-order valence-electron chi connectivity index (χ2n) is 6.32. The Morgan fingerprint density at radius 2 is 1.43 bits per heavy atom. The van der Waals surface area contributed by atoms with Crippen LogP contribution in [-0.2, 0) is 4.79 Å². The first kappa shape index (κ1) is 20.2. The van der Waals surface area contributed by atoms with Crippen LogP contribution >= 0.6 is 0 Å². The van der Waals surface area contributed by atoms with E-state index in [9.17, 15) is 4.79 Å². The van der Waals surface area contributed by atoms with Gasteiger partial charge < -0.3 is 5.11 Å². The van der Waals surface area contributed by atoms with Gasteiger partial charge in [-0.2, -0.15) is 0 Å². The third-order valence-electron chi connectivity index (χ3n) is 4.19. The highest BCUT2D eigenvalue weighted by Crippen LogP contribution is 2.13. The fraction of sp³-hybridized carbons (Fsp3) is 0.842. The van der Waals surface area contributed by atoms with Crippen molar-refractivity contribution in [3.05, 3.63) is 12.2 Å². The lowest BCUT2D eigenvalue weighted by molar-refractivity contribution is -0.137. The Bertz CT molecular complexity index is 258. The van der Waals surface area contributed by atoms with Crippen LogP contribution in [0.5, 0.6) is 0 Å². The van der Waals surface area contributed by atoms with Gasteiger partial charge in [0.2, 0.25) is 0 Å². The zero-order valence-corrected chi connectivity index (χ0v) is 14.3. The number of rotatable bonds is 15. The smallest absolute Gasteiger partial charge is 0.303 e. The molecule has 0 aliphatic rings. The molecule has 1 N–H and O–H groups in total. The van der Waals surface area contributed by atoms with Crippen LogP contribution in [0.2, 0.25) is 0 Å². The maximum Gasteiger partial charge on any atom is 0.303 e. The number of carboxylic acids is 1. The molecule has 0 aromatic rings. The summed E-state index contributed by atoms with van der Waals surface area (Å²) in [5, 5.41) is 8.52. The number of unbranched alkanes of at least 4 members (excludes halogenated alkanes) is 8. The van der Waals surface area contributed by atoms with Gasteiger partial charge in [-0.1, -0.05) is 70.9 Å². The van der Waals surface area contributed by atoms with Gasteiger partial charge in [-0.25, -0.2) is 0 Å². The van der Waals surface area contributed by atoms with Crippen molar-refractivity contribution in [2.75, 3.05) is 0 Å². The van der Waals surface area contributed by atoms with Crippen LogP contribution in [0.1, 0.15) is 97.3 Å². The first-order chi connectivity index (χ1) is 10.2. The summed E-state index contributed by atoms with van der Waals surface area (Å²) in [6.07, 6.45) is 19.8. The van der Waals surface area contributed by atoms with Crippen LogP contribution in [0.15, 0.2) is 12.2 Å². The average molecular weight is 296 g/mol.